The summed E-state index contributed by atoms with van der Waals surface area (Å²) in [6.45, 7) is 0. The minimum Gasteiger partial charge on any atom is -0.508 e. The van der Waals surface area contributed by atoms with Crippen molar-refractivity contribution in [3.8, 4) is 5.75 Å². The van der Waals surface area contributed by atoms with Gasteiger partial charge in [-0.05, 0) is 23.8 Å². The topological polar surface area (TPSA) is 48.9 Å². The van der Waals surface area contributed by atoms with Crippen LogP contribution in [0.2, 0.25) is 0 Å². The zero-order chi connectivity index (χ0) is 9.10. The molecule has 13 heavy (non-hydrogen) atoms. The molecule has 1 aromatic carbocycles. The molecule has 2 aromatic rings. The fourth-order valence-corrected chi connectivity index (χ4v) is 1.14. The minimum atomic E-state index is 0.268. The van der Waals surface area contributed by atoms with Crippen LogP contribution in [0, 0.1) is 6.42 Å². The van der Waals surface area contributed by atoms with E-state index in [-0.39, 0.29) is 5.75 Å². The van der Waals surface area contributed by atoms with Gasteiger partial charge >= 0.3 is 0 Å². The molecule has 0 amide bonds. The summed E-state index contributed by atoms with van der Waals surface area (Å²) >= 11 is 0. The molecule has 2 N–H and O–H groups in total. The van der Waals surface area contributed by atoms with E-state index in [9.17, 15) is 5.11 Å². The largest absolute Gasteiger partial charge is 0.508 e. The average Bonchev–Trinajstić information content (AvgIpc) is 2.57. The number of aromatic amines is 1. The van der Waals surface area contributed by atoms with Crippen molar-refractivity contribution in [3.05, 3.63) is 54.2 Å². The second-order valence-electron chi connectivity index (χ2n) is 2.74. The Hall–Kier alpha value is -1.77. The molecule has 0 atom stereocenters. The number of phenols is 1. The van der Waals surface area contributed by atoms with E-state index in [2.05, 4.69) is 10.2 Å². The van der Waals surface area contributed by atoms with Crippen molar-refractivity contribution < 1.29 is 5.11 Å². The number of nitrogens with one attached hydrogen (secondary N) is 1. The van der Waals surface area contributed by atoms with E-state index in [1.54, 1.807) is 24.4 Å². The Balaban J connectivity index is 2.19. The SMILES string of the molecule is Oc1cccc([CH]c2cc[nH]n2)c1. The van der Waals surface area contributed by atoms with Crippen molar-refractivity contribution in [1.29, 1.82) is 0 Å². The maximum atomic E-state index is 9.19. The van der Waals surface area contributed by atoms with Crippen LogP contribution in [0.1, 0.15) is 11.3 Å². The summed E-state index contributed by atoms with van der Waals surface area (Å²) in [4.78, 5) is 0. The quantitative estimate of drug-likeness (QED) is 0.726. The molecule has 0 saturated carbocycles. The van der Waals surface area contributed by atoms with Crippen LogP contribution in [-0.4, -0.2) is 15.3 Å². The highest BCUT2D eigenvalue weighted by molar-refractivity contribution is 5.37. The van der Waals surface area contributed by atoms with Crippen LogP contribution in [0.5, 0.6) is 5.75 Å². The molecule has 2 rings (SSSR count). The molecule has 0 spiro atoms. The summed E-state index contributed by atoms with van der Waals surface area (Å²) in [7, 11) is 0. The van der Waals surface area contributed by atoms with Crippen LogP contribution in [0.3, 0.4) is 0 Å². The Morgan fingerprint density at radius 2 is 2.23 bits per heavy atom. The zero-order valence-corrected chi connectivity index (χ0v) is 6.94. The highest BCUT2D eigenvalue weighted by Crippen LogP contribution is 2.14. The minimum absolute atomic E-state index is 0.268. The van der Waals surface area contributed by atoms with Gasteiger partial charge in [0.1, 0.15) is 5.75 Å². The lowest BCUT2D eigenvalue weighted by molar-refractivity contribution is 0.475. The van der Waals surface area contributed by atoms with E-state index >= 15 is 0 Å². The first-order valence-electron chi connectivity index (χ1n) is 3.98. The second-order valence-corrected chi connectivity index (χ2v) is 2.74. The third kappa shape index (κ3) is 1.87. The Labute approximate surface area is 76.0 Å². The predicted octanol–water partition coefficient (Wildman–Crippen LogP) is 1.72. The molecule has 1 heterocycles. The van der Waals surface area contributed by atoms with Crippen LogP contribution in [0.25, 0.3) is 0 Å². The first kappa shape index (κ1) is 7.86. The van der Waals surface area contributed by atoms with Gasteiger partial charge in [-0.25, -0.2) is 0 Å². The van der Waals surface area contributed by atoms with Crippen molar-refractivity contribution >= 4 is 0 Å². The van der Waals surface area contributed by atoms with E-state index in [0.717, 1.165) is 11.3 Å². The molecule has 0 unspecified atom stereocenters. The van der Waals surface area contributed by atoms with Crippen molar-refractivity contribution in [2.75, 3.05) is 0 Å². The van der Waals surface area contributed by atoms with E-state index in [0.29, 0.717) is 0 Å². The number of hydrogen-bond donors (Lipinski definition) is 2. The van der Waals surface area contributed by atoms with Crippen LogP contribution in [0.4, 0.5) is 0 Å². The molecule has 1 radical (unpaired) electrons. The second kappa shape index (κ2) is 3.31. The summed E-state index contributed by atoms with van der Waals surface area (Å²) in [6.07, 6.45) is 3.64. The lowest BCUT2D eigenvalue weighted by Crippen LogP contribution is -1.84. The standard InChI is InChI=1S/C10H9N2O/c13-10-3-1-2-8(7-10)6-9-4-5-11-12-9/h1-7,13H,(H,11,12). The van der Waals surface area contributed by atoms with Gasteiger partial charge in [-0.3, -0.25) is 5.10 Å². The molecule has 3 heteroatoms. The van der Waals surface area contributed by atoms with E-state index in [1.807, 2.05) is 18.6 Å². The molecule has 0 aliphatic carbocycles. The number of aromatic nitrogens is 2. The fraction of sp³-hybridized carbons (Fsp3) is 0. The summed E-state index contributed by atoms with van der Waals surface area (Å²) in [5, 5.41) is 15.9. The van der Waals surface area contributed by atoms with Crippen molar-refractivity contribution in [1.82, 2.24) is 10.2 Å². The van der Waals surface area contributed by atoms with Crippen molar-refractivity contribution in [2.45, 2.75) is 0 Å². The Morgan fingerprint density at radius 3 is 2.92 bits per heavy atom. The molecule has 0 saturated heterocycles. The van der Waals surface area contributed by atoms with Gasteiger partial charge in [0.15, 0.2) is 0 Å². The first-order valence-corrected chi connectivity index (χ1v) is 3.98. The molecular formula is C10H9N2O. The third-order valence-electron chi connectivity index (χ3n) is 1.71. The fourth-order valence-electron chi connectivity index (χ4n) is 1.14. The van der Waals surface area contributed by atoms with Crippen LogP contribution >= 0.6 is 0 Å². The van der Waals surface area contributed by atoms with Crippen molar-refractivity contribution in [2.24, 2.45) is 0 Å². The van der Waals surface area contributed by atoms with Gasteiger partial charge in [0.2, 0.25) is 0 Å². The number of nitrogens with zero attached hydrogens (tertiary/aromatic N) is 1. The van der Waals surface area contributed by atoms with E-state index < -0.39 is 0 Å². The van der Waals surface area contributed by atoms with Crippen LogP contribution in [0.15, 0.2) is 36.5 Å². The van der Waals surface area contributed by atoms with Crippen LogP contribution < -0.4 is 0 Å². The van der Waals surface area contributed by atoms with Crippen molar-refractivity contribution in [3.63, 3.8) is 0 Å². The maximum Gasteiger partial charge on any atom is 0.115 e. The molecule has 0 bridgehead atoms. The molecule has 0 aliphatic rings. The van der Waals surface area contributed by atoms with E-state index in [1.165, 1.54) is 0 Å². The number of benzene rings is 1. The van der Waals surface area contributed by atoms with E-state index in [4.69, 9.17) is 0 Å². The summed E-state index contributed by atoms with van der Waals surface area (Å²) in [5.74, 6) is 0.268. The van der Waals surface area contributed by atoms with Gasteiger partial charge < -0.3 is 5.11 Å². The summed E-state index contributed by atoms with van der Waals surface area (Å²) in [6, 6.07) is 8.91. The number of phenolic OH excluding ortho intramolecular Hbond substituents is 1. The normalized spacial score (nSPS) is 10.2. The van der Waals surface area contributed by atoms with Crippen LogP contribution in [-0.2, 0) is 0 Å². The number of rotatable bonds is 2. The molecular weight excluding hydrogens is 164 g/mol. The van der Waals surface area contributed by atoms with Gasteiger partial charge in [-0.2, -0.15) is 5.10 Å². The van der Waals surface area contributed by atoms with Gasteiger partial charge in [-0.15, -0.1) is 0 Å². The summed E-state index contributed by atoms with van der Waals surface area (Å²) < 4.78 is 0. The zero-order valence-electron chi connectivity index (χ0n) is 6.94. The molecule has 0 fully saturated rings. The molecule has 1 aromatic heterocycles. The first-order chi connectivity index (χ1) is 6.34. The third-order valence-corrected chi connectivity index (χ3v) is 1.71. The molecule has 65 valence electrons. The Bertz CT molecular complexity index is 382. The number of aromatic hydroxyl groups is 1. The molecule has 0 aliphatic heterocycles. The van der Waals surface area contributed by atoms with Gasteiger partial charge in [-0.1, -0.05) is 12.1 Å². The Morgan fingerprint density at radius 1 is 1.31 bits per heavy atom. The lowest BCUT2D eigenvalue weighted by Gasteiger charge is -1.97. The Kier molecular flexibility index (Phi) is 2.00. The number of H-pyrrole nitrogens is 1. The highest BCUT2D eigenvalue weighted by Gasteiger charge is 1.98. The van der Waals surface area contributed by atoms with Gasteiger partial charge in [0, 0.05) is 12.6 Å². The predicted molar refractivity (Wildman–Crippen MR) is 49.2 cm³/mol. The highest BCUT2D eigenvalue weighted by atomic mass is 16.3. The van der Waals surface area contributed by atoms with Gasteiger partial charge in [0.05, 0.1) is 5.69 Å². The van der Waals surface area contributed by atoms with Gasteiger partial charge in [0.25, 0.3) is 0 Å². The summed E-state index contributed by atoms with van der Waals surface area (Å²) in [5.41, 5.74) is 1.79. The lowest BCUT2D eigenvalue weighted by atomic mass is 10.1. The smallest absolute Gasteiger partial charge is 0.115 e. The number of hydrogen-bond acceptors (Lipinski definition) is 2. The molecule has 3 nitrogen and oxygen atoms in total. The average molecular weight is 173 g/mol. The monoisotopic (exact) mass is 173 g/mol. The maximum absolute atomic E-state index is 9.19.